The predicted molar refractivity (Wildman–Crippen MR) is 64.7 cm³/mol. The molecule has 1 aromatic rings. The molecule has 2 N–H and O–H groups in total. The van der Waals surface area contributed by atoms with E-state index in [0.717, 1.165) is 18.5 Å². The Morgan fingerprint density at radius 1 is 1.32 bits per heavy atom. The number of carbonyl (C=O) groups is 2. The zero-order chi connectivity index (χ0) is 13.4. The van der Waals surface area contributed by atoms with E-state index in [0.29, 0.717) is 25.2 Å². The Morgan fingerprint density at radius 3 is 2.74 bits per heavy atom. The van der Waals surface area contributed by atoms with E-state index in [9.17, 15) is 9.59 Å². The summed E-state index contributed by atoms with van der Waals surface area (Å²) in [5, 5.41) is 15.6. The third-order valence-electron chi connectivity index (χ3n) is 3.86. The maximum absolute atomic E-state index is 11.9. The molecule has 2 fully saturated rings. The van der Waals surface area contributed by atoms with Crippen molar-refractivity contribution in [1.82, 2.24) is 10.5 Å². The van der Waals surface area contributed by atoms with Crippen LogP contribution in [0.5, 0.6) is 0 Å². The normalized spacial score (nSPS) is 26.3. The van der Waals surface area contributed by atoms with Crippen molar-refractivity contribution in [1.29, 1.82) is 0 Å². The third-order valence-corrected chi connectivity index (χ3v) is 3.86. The van der Waals surface area contributed by atoms with Crippen LogP contribution >= 0.6 is 0 Å². The molecular formula is C13H16N2O4. The van der Waals surface area contributed by atoms with Gasteiger partial charge < -0.3 is 14.9 Å². The van der Waals surface area contributed by atoms with Crippen LogP contribution in [0, 0.1) is 5.92 Å². The van der Waals surface area contributed by atoms with Crippen molar-refractivity contribution in [3.8, 4) is 0 Å². The highest BCUT2D eigenvalue weighted by atomic mass is 16.5. The molecule has 19 heavy (non-hydrogen) atoms. The topological polar surface area (TPSA) is 92.4 Å². The number of carboxylic acid groups (broad SMARTS) is 1. The summed E-state index contributed by atoms with van der Waals surface area (Å²) in [6.07, 6.45) is 4.02. The smallest absolute Gasteiger partial charge is 0.306 e. The van der Waals surface area contributed by atoms with E-state index < -0.39 is 5.97 Å². The molecule has 0 radical (unpaired) electrons. The number of hydrogen-bond acceptors (Lipinski definition) is 4. The minimum absolute atomic E-state index is 0.0805. The number of nitrogens with zero attached hydrogens (tertiary/aromatic N) is 1. The minimum atomic E-state index is -0.785. The zero-order valence-corrected chi connectivity index (χ0v) is 10.5. The molecule has 0 spiro atoms. The second-order valence-corrected chi connectivity index (χ2v) is 5.41. The van der Waals surface area contributed by atoms with Crippen LogP contribution in [0.3, 0.4) is 0 Å². The van der Waals surface area contributed by atoms with E-state index in [1.54, 1.807) is 6.07 Å². The van der Waals surface area contributed by atoms with Gasteiger partial charge >= 0.3 is 5.97 Å². The summed E-state index contributed by atoms with van der Waals surface area (Å²) in [6, 6.07) is 1.61. The molecule has 2 saturated carbocycles. The van der Waals surface area contributed by atoms with Crippen LogP contribution in [0.15, 0.2) is 10.6 Å². The van der Waals surface area contributed by atoms with Gasteiger partial charge in [0.05, 0.1) is 11.6 Å². The molecule has 3 rings (SSSR count). The first kappa shape index (κ1) is 12.2. The van der Waals surface area contributed by atoms with Crippen molar-refractivity contribution in [3.63, 3.8) is 0 Å². The van der Waals surface area contributed by atoms with Gasteiger partial charge in [0.25, 0.3) is 5.91 Å². The highest BCUT2D eigenvalue weighted by Crippen LogP contribution is 2.39. The van der Waals surface area contributed by atoms with Crippen LogP contribution in [0.1, 0.15) is 54.3 Å². The Morgan fingerprint density at radius 2 is 2.11 bits per heavy atom. The number of aromatic nitrogens is 1. The van der Waals surface area contributed by atoms with Crippen LogP contribution in [-0.2, 0) is 4.79 Å². The fourth-order valence-corrected chi connectivity index (χ4v) is 2.56. The molecule has 2 aliphatic carbocycles. The molecule has 0 aliphatic heterocycles. The highest BCUT2D eigenvalue weighted by molar-refractivity contribution is 5.91. The van der Waals surface area contributed by atoms with Crippen LogP contribution in [0.2, 0.25) is 0 Å². The van der Waals surface area contributed by atoms with Crippen molar-refractivity contribution in [2.24, 2.45) is 5.92 Å². The molecule has 0 saturated heterocycles. The van der Waals surface area contributed by atoms with Crippen LogP contribution in [0.25, 0.3) is 0 Å². The lowest BCUT2D eigenvalue weighted by molar-refractivity contribution is -0.141. The van der Waals surface area contributed by atoms with E-state index in [1.807, 2.05) is 0 Å². The van der Waals surface area contributed by atoms with Gasteiger partial charge in [-0.25, -0.2) is 0 Å². The maximum Gasteiger partial charge on any atom is 0.306 e. The van der Waals surface area contributed by atoms with Gasteiger partial charge in [-0.15, -0.1) is 0 Å². The van der Waals surface area contributed by atoms with Gasteiger partial charge in [0.1, 0.15) is 0 Å². The van der Waals surface area contributed by atoms with Crippen molar-refractivity contribution < 1.29 is 19.2 Å². The number of aliphatic carboxylic acids is 1. The molecule has 1 heterocycles. The molecule has 2 atom stereocenters. The molecule has 1 amide bonds. The molecular weight excluding hydrogens is 248 g/mol. The van der Waals surface area contributed by atoms with Gasteiger partial charge in [0.15, 0.2) is 0 Å². The average molecular weight is 264 g/mol. The molecule has 0 unspecified atom stereocenters. The Labute approximate surface area is 110 Å². The Kier molecular flexibility index (Phi) is 3.00. The summed E-state index contributed by atoms with van der Waals surface area (Å²) in [5.41, 5.74) is 0.847. The van der Waals surface area contributed by atoms with Gasteiger partial charge in [0.2, 0.25) is 5.76 Å². The summed E-state index contributed by atoms with van der Waals surface area (Å²) in [7, 11) is 0. The van der Waals surface area contributed by atoms with Crippen LogP contribution in [-0.4, -0.2) is 28.2 Å². The van der Waals surface area contributed by atoms with E-state index in [1.165, 1.54) is 0 Å². The monoisotopic (exact) mass is 264 g/mol. The Bertz CT molecular complexity index is 506. The minimum Gasteiger partial charge on any atom is -0.481 e. The molecule has 6 heteroatoms. The largest absolute Gasteiger partial charge is 0.481 e. The third kappa shape index (κ3) is 2.62. The SMILES string of the molecule is O=C(N[C@H]1CC[C@@H](C(=O)O)C1)c1cc(C2CC2)no1. The predicted octanol–water partition coefficient (Wildman–Crippen LogP) is 1.54. The molecule has 0 aromatic carbocycles. The zero-order valence-electron chi connectivity index (χ0n) is 10.5. The van der Waals surface area contributed by atoms with E-state index in [-0.39, 0.29) is 23.6 Å². The van der Waals surface area contributed by atoms with Gasteiger partial charge in [-0.3, -0.25) is 9.59 Å². The number of carboxylic acids is 1. The Balaban J connectivity index is 1.57. The van der Waals surface area contributed by atoms with Crippen molar-refractivity contribution in [3.05, 3.63) is 17.5 Å². The Hall–Kier alpha value is -1.85. The summed E-state index contributed by atoms with van der Waals surface area (Å²) in [5.74, 6) is -0.751. The second kappa shape index (κ2) is 4.68. The van der Waals surface area contributed by atoms with E-state index >= 15 is 0 Å². The fourth-order valence-electron chi connectivity index (χ4n) is 2.56. The number of amides is 1. The van der Waals surface area contributed by atoms with Crippen LogP contribution in [0.4, 0.5) is 0 Å². The summed E-state index contributed by atoms with van der Waals surface area (Å²) in [4.78, 5) is 22.8. The number of carbonyl (C=O) groups excluding carboxylic acids is 1. The molecule has 6 nitrogen and oxygen atoms in total. The molecule has 0 bridgehead atoms. The quantitative estimate of drug-likeness (QED) is 0.860. The lowest BCUT2D eigenvalue weighted by Gasteiger charge is -2.10. The van der Waals surface area contributed by atoms with Gasteiger partial charge in [-0.1, -0.05) is 5.16 Å². The summed E-state index contributed by atoms with van der Waals surface area (Å²) < 4.78 is 5.03. The first-order valence-corrected chi connectivity index (χ1v) is 6.64. The van der Waals surface area contributed by atoms with Crippen molar-refractivity contribution in [2.45, 2.75) is 44.1 Å². The average Bonchev–Trinajstić information content (AvgIpc) is 2.92. The molecule has 1 aromatic heterocycles. The van der Waals surface area contributed by atoms with Crippen molar-refractivity contribution in [2.75, 3.05) is 0 Å². The number of rotatable bonds is 4. The lowest BCUT2D eigenvalue weighted by Crippen LogP contribution is -2.33. The molecule has 2 aliphatic rings. The summed E-state index contributed by atoms with van der Waals surface area (Å²) in [6.45, 7) is 0. The van der Waals surface area contributed by atoms with Gasteiger partial charge in [-0.2, -0.15) is 0 Å². The highest BCUT2D eigenvalue weighted by Gasteiger charge is 2.32. The fraction of sp³-hybridized carbons (Fsp3) is 0.615. The number of nitrogens with one attached hydrogen (secondary N) is 1. The first-order chi connectivity index (χ1) is 9.13. The van der Waals surface area contributed by atoms with E-state index in [4.69, 9.17) is 9.63 Å². The van der Waals surface area contributed by atoms with Gasteiger partial charge in [0, 0.05) is 18.0 Å². The maximum atomic E-state index is 11.9. The first-order valence-electron chi connectivity index (χ1n) is 6.64. The lowest BCUT2D eigenvalue weighted by atomic mass is 10.1. The number of hydrogen-bond donors (Lipinski definition) is 2. The molecule has 102 valence electrons. The van der Waals surface area contributed by atoms with E-state index in [2.05, 4.69) is 10.5 Å². The second-order valence-electron chi connectivity index (χ2n) is 5.41. The van der Waals surface area contributed by atoms with Gasteiger partial charge in [-0.05, 0) is 32.1 Å². The standard InChI is InChI=1S/C13H16N2O4/c16-12(11-6-10(15-19-11)7-1-2-7)14-9-4-3-8(5-9)13(17)18/h6-9H,1-5H2,(H,14,16)(H,17,18)/t8-,9+/m1/s1. The summed E-state index contributed by atoms with van der Waals surface area (Å²) >= 11 is 0. The van der Waals surface area contributed by atoms with Crippen molar-refractivity contribution >= 4 is 11.9 Å². The van der Waals surface area contributed by atoms with Crippen LogP contribution < -0.4 is 5.32 Å².